The molecule has 1 radical (unpaired) electrons. The van der Waals surface area contributed by atoms with E-state index in [1.54, 1.807) is 0 Å². The lowest BCUT2D eigenvalue weighted by Crippen LogP contribution is -2.05. The van der Waals surface area contributed by atoms with Gasteiger partial charge in [-0.3, -0.25) is 0 Å². The molecule has 0 aliphatic carbocycles. The van der Waals surface area contributed by atoms with Gasteiger partial charge in [-0.05, 0) is 40.1 Å². The van der Waals surface area contributed by atoms with E-state index in [9.17, 15) is 0 Å². The van der Waals surface area contributed by atoms with Crippen LogP contribution in [0.4, 0.5) is 0 Å². The Kier molecular flexibility index (Phi) is 4.94. The standard InChI is InChI=1S/C26H21N2/c27-25(15-19-9-3-1-4-10-19)23-17-21-13-7-8-14-22(21)18-24(23)26(28)16-20-11-5-2-6-12-20/h1-17H,27-28H2. The molecule has 4 aromatic rings. The average Bonchev–Trinajstić information content (AvgIpc) is 2.74. The maximum atomic E-state index is 6.51. The van der Waals surface area contributed by atoms with Gasteiger partial charge in [-0.25, -0.2) is 0 Å². The van der Waals surface area contributed by atoms with Gasteiger partial charge in [-0.15, -0.1) is 0 Å². The molecule has 0 aromatic heterocycles. The summed E-state index contributed by atoms with van der Waals surface area (Å²) in [5.41, 5.74) is 18.1. The number of hydrogen-bond acceptors (Lipinski definition) is 2. The van der Waals surface area contributed by atoms with Crippen molar-refractivity contribution in [3.05, 3.63) is 119 Å². The van der Waals surface area contributed by atoms with E-state index in [0.29, 0.717) is 11.4 Å². The molecule has 0 fully saturated rings. The van der Waals surface area contributed by atoms with E-state index < -0.39 is 0 Å². The first-order valence-electron chi connectivity index (χ1n) is 9.21. The van der Waals surface area contributed by atoms with E-state index >= 15 is 0 Å². The average molecular weight is 361 g/mol. The largest absolute Gasteiger partial charge is 0.398 e. The van der Waals surface area contributed by atoms with Crippen molar-refractivity contribution in [1.29, 1.82) is 0 Å². The highest BCUT2D eigenvalue weighted by atomic mass is 14.6. The molecule has 4 N–H and O–H groups in total. The van der Waals surface area contributed by atoms with Gasteiger partial charge in [-0.2, -0.15) is 0 Å². The van der Waals surface area contributed by atoms with Crippen LogP contribution in [-0.4, -0.2) is 0 Å². The van der Waals surface area contributed by atoms with E-state index in [1.165, 1.54) is 0 Å². The van der Waals surface area contributed by atoms with Gasteiger partial charge in [-0.1, -0.05) is 84.9 Å². The molecule has 2 heteroatoms. The van der Waals surface area contributed by atoms with E-state index in [-0.39, 0.29) is 0 Å². The third-order valence-corrected chi connectivity index (χ3v) is 4.63. The molecule has 4 rings (SSSR count). The summed E-state index contributed by atoms with van der Waals surface area (Å²) in [6.07, 6.45) is 3.93. The van der Waals surface area contributed by atoms with Gasteiger partial charge < -0.3 is 11.5 Å². The molecule has 0 aliphatic heterocycles. The molecule has 0 amide bonds. The number of hydrogen-bond donors (Lipinski definition) is 2. The van der Waals surface area contributed by atoms with Crippen molar-refractivity contribution < 1.29 is 0 Å². The maximum absolute atomic E-state index is 6.51. The molecular formula is C26H21N2. The molecule has 0 saturated carbocycles. The van der Waals surface area contributed by atoms with Crippen molar-refractivity contribution in [2.75, 3.05) is 0 Å². The number of benzene rings is 4. The lowest BCUT2D eigenvalue weighted by molar-refractivity contribution is 1.46. The van der Waals surface area contributed by atoms with Crippen molar-refractivity contribution in [3.8, 4) is 0 Å². The second-order valence-corrected chi connectivity index (χ2v) is 6.67. The fraction of sp³-hybridized carbons (Fsp3) is 0. The Labute approximate surface area is 165 Å². The van der Waals surface area contributed by atoms with E-state index in [2.05, 4.69) is 18.2 Å². The summed E-state index contributed by atoms with van der Waals surface area (Å²) in [6.45, 7) is 0. The monoisotopic (exact) mass is 361 g/mol. The van der Waals surface area contributed by atoms with Crippen molar-refractivity contribution in [2.45, 2.75) is 0 Å². The minimum atomic E-state index is 0.636. The quantitative estimate of drug-likeness (QED) is 0.468. The third-order valence-electron chi connectivity index (χ3n) is 4.63. The number of nitrogens with two attached hydrogens (primary N) is 2. The van der Waals surface area contributed by atoms with Gasteiger partial charge in [0.05, 0.1) is 0 Å². The smallest absolute Gasteiger partial charge is 0.0407 e. The highest BCUT2D eigenvalue weighted by Crippen LogP contribution is 2.28. The first kappa shape index (κ1) is 17.6. The van der Waals surface area contributed by atoms with Crippen LogP contribution in [0.25, 0.3) is 34.3 Å². The fourth-order valence-corrected chi connectivity index (χ4v) is 3.23. The zero-order chi connectivity index (χ0) is 19.3. The summed E-state index contributed by atoms with van der Waals surface area (Å²) in [7, 11) is 0. The van der Waals surface area contributed by atoms with Crippen LogP contribution in [0.15, 0.2) is 91.0 Å². The Morgan fingerprint density at radius 2 is 1.18 bits per heavy atom. The van der Waals surface area contributed by atoms with Crippen LogP contribution < -0.4 is 11.5 Å². The number of fused-ring (bicyclic) bond motifs is 1. The zero-order valence-corrected chi connectivity index (χ0v) is 15.5. The van der Waals surface area contributed by atoms with Crippen molar-refractivity contribution in [2.24, 2.45) is 11.5 Å². The van der Waals surface area contributed by atoms with Crippen LogP contribution in [0.1, 0.15) is 22.3 Å². The first-order chi connectivity index (χ1) is 13.7. The fourth-order valence-electron chi connectivity index (χ4n) is 3.23. The molecule has 135 valence electrons. The molecule has 0 aliphatic rings. The van der Waals surface area contributed by atoms with Gasteiger partial charge in [0.1, 0.15) is 0 Å². The summed E-state index contributed by atoms with van der Waals surface area (Å²) in [5, 5.41) is 2.09. The van der Waals surface area contributed by atoms with Crippen LogP contribution in [-0.2, 0) is 0 Å². The van der Waals surface area contributed by atoms with Crippen LogP contribution >= 0.6 is 0 Å². The molecule has 0 heterocycles. The van der Waals surface area contributed by atoms with Gasteiger partial charge in [0, 0.05) is 28.6 Å². The highest BCUT2D eigenvalue weighted by Gasteiger charge is 2.11. The molecule has 28 heavy (non-hydrogen) atoms. The molecule has 0 atom stereocenters. The second-order valence-electron chi connectivity index (χ2n) is 6.67. The second kappa shape index (κ2) is 7.85. The Morgan fingerprint density at radius 1 is 0.643 bits per heavy atom. The van der Waals surface area contributed by atoms with Gasteiger partial charge in [0.25, 0.3) is 0 Å². The Hall–Kier alpha value is -3.78. The summed E-state index contributed by atoms with van der Waals surface area (Å²) >= 11 is 0. The topological polar surface area (TPSA) is 52.0 Å². The lowest BCUT2D eigenvalue weighted by atomic mass is 9.95. The number of rotatable bonds is 4. The highest BCUT2D eigenvalue weighted by molar-refractivity contribution is 5.96. The summed E-state index contributed by atoms with van der Waals surface area (Å²) in [5.74, 6) is 0. The molecule has 0 saturated heterocycles. The van der Waals surface area contributed by atoms with Crippen molar-refractivity contribution >= 4 is 34.3 Å². The summed E-state index contributed by atoms with van der Waals surface area (Å²) in [6, 6.07) is 33.7. The minimum absolute atomic E-state index is 0.636. The molecule has 0 bridgehead atoms. The van der Waals surface area contributed by atoms with Gasteiger partial charge in [0.15, 0.2) is 0 Å². The Morgan fingerprint density at radius 3 is 1.82 bits per heavy atom. The predicted molar refractivity (Wildman–Crippen MR) is 120 cm³/mol. The van der Waals surface area contributed by atoms with Crippen LogP contribution in [0.3, 0.4) is 0 Å². The Bertz CT molecular complexity index is 1060. The molecule has 4 aromatic carbocycles. The maximum Gasteiger partial charge on any atom is 0.0407 e. The van der Waals surface area contributed by atoms with E-state index in [1.807, 2.05) is 91.0 Å². The zero-order valence-electron chi connectivity index (χ0n) is 15.5. The summed E-state index contributed by atoms with van der Waals surface area (Å²) in [4.78, 5) is 0. The SMILES string of the molecule is NC(=Cc1ccccc1)c1[c]c2ccccc2cc1C(N)=Cc1ccccc1. The van der Waals surface area contributed by atoms with E-state index in [4.69, 9.17) is 11.5 Å². The van der Waals surface area contributed by atoms with E-state index in [0.717, 1.165) is 33.0 Å². The Balaban J connectivity index is 1.88. The van der Waals surface area contributed by atoms with Crippen LogP contribution in [0.5, 0.6) is 0 Å². The molecule has 2 nitrogen and oxygen atoms in total. The van der Waals surface area contributed by atoms with Gasteiger partial charge in [0.2, 0.25) is 0 Å². The predicted octanol–water partition coefficient (Wildman–Crippen LogP) is 5.55. The molecular weight excluding hydrogens is 340 g/mol. The van der Waals surface area contributed by atoms with Crippen LogP contribution in [0.2, 0.25) is 0 Å². The first-order valence-corrected chi connectivity index (χ1v) is 9.21. The van der Waals surface area contributed by atoms with Gasteiger partial charge >= 0.3 is 0 Å². The van der Waals surface area contributed by atoms with Crippen molar-refractivity contribution in [1.82, 2.24) is 0 Å². The normalized spacial score (nSPS) is 12.3. The minimum Gasteiger partial charge on any atom is -0.398 e. The van der Waals surface area contributed by atoms with Crippen LogP contribution in [0, 0.1) is 6.07 Å². The summed E-state index contributed by atoms with van der Waals surface area (Å²) < 4.78 is 0. The van der Waals surface area contributed by atoms with Crippen molar-refractivity contribution in [3.63, 3.8) is 0 Å². The molecule has 0 spiro atoms. The molecule has 0 unspecified atom stereocenters. The lowest BCUT2D eigenvalue weighted by Gasteiger charge is -2.13. The third kappa shape index (κ3) is 3.81.